The van der Waals surface area contributed by atoms with Crippen LogP contribution in [0.4, 0.5) is 35.1 Å². The highest BCUT2D eigenvalue weighted by Crippen LogP contribution is 2.37. The Balaban J connectivity index is 0.931. The van der Waals surface area contributed by atoms with E-state index in [1.807, 2.05) is 91.8 Å². The number of para-hydroxylation sites is 2. The van der Waals surface area contributed by atoms with E-state index in [4.69, 9.17) is 9.47 Å². The zero-order valence-corrected chi connectivity index (χ0v) is 40.8. The average molecular weight is 997 g/mol. The van der Waals surface area contributed by atoms with E-state index in [0.29, 0.717) is 32.0 Å². The molecule has 0 aliphatic rings. The topological polar surface area (TPSA) is 87.6 Å². The van der Waals surface area contributed by atoms with Gasteiger partial charge in [-0.25, -0.2) is 53.6 Å². The first kappa shape index (κ1) is 50.9. The second kappa shape index (κ2) is 21.1. The Morgan fingerprint density at radius 1 is 0.431 bits per heavy atom. The lowest BCUT2D eigenvalue weighted by Gasteiger charge is -2.19. The van der Waals surface area contributed by atoms with Gasteiger partial charge in [0, 0.05) is 24.3 Å². The van der Waals surface area contributed by atoms with E-state index in [1.54, 1.807) is 24.3 Å². The fourth-order valence-electron chi connectivity index (χ4n) is 8.43. The molecule has 8 aromatic rings. The molecule has 4 heterocycles. The fourth-order valence-corrected chi connectivity index (χ4v) is 8.43. The maximum absolute atomic E-state index is 15.6. The molecule has 4 aromatic carbocycles. The standard InChI is InChI=1S/C54H52F8N8O2/c1-29(2)37-11-9-12-38(30(3)4)53(37)71-27-35-23-69(65-63-35)51-47(59)43(55)41(44(56)48(51)60)25-67-19-15-33(16-20-67)34-17-21-68(22-18-34)26-42-45(57)49(61)52(50(62)46(42)58)70-24-36(64-66-70)28-72-54-39(31(5)6)13-10-14-40(54)32(7)8/h9-24,29-32H,25-28H2,1-8H3/q+2. The van der Waals surface area contributed by atoms with Crippen LogP contribution >= 0.6 is 0 Å². The summed E-state index contributed by atoms with van der Waals surface area (Å²) in [6, 6.07) is 18.0. The molecule has 0 aliphatic carbocycles. The third-order valence-electron chi connectivity index (χ3n) is 12.4. The quantitative estimate of drug-likeness (QED) is 0.0513. The maximum atomic E-state index is 15.6. The number of rotatable bonds is 17. The molecule has 0 spiro atoms. The van der Waals surface area contributed by atoms with Crippen LogP contribution in [0.15, 0.2) is 97.8 Å². The first-order valence-electron chi connectivity index (χ1n) is 23.4. The summed E-state index contributed by atoms with van der Waals surface area (Å²) in [5, 5.41) is 15.3. The molecule has 0 N–H and O–H groups in total. The molecule has 0 saturated heterocycles. The van der Waals surface area contributed by atoms with E-state index in [-0.39, 0.29) is 48.3 Å². The Morgan fingerprint density at radius 2 is 0.722 bits per heavy atom. The molecule has 8 rings (SSSR count). The van der Waals surface area contributed by atoms with Gasteiger partial charge in [0.2, 0.25) is 0 Å². The lowest BCUT2D eigenvalue weighted by atomic mass is 9.94. The average Bonchev–Trinajstić information content (AvgIpc) is 4.04. The number of nitrogens with zero attached hydrogens (tertiary/aromatic N) is 8. The lowest BCUT2D eigenvalue weighted by molar-refractivity contribution is -0.689. The minimum Gasteiger partial charge on any atom is -0.487 e. The van der Waals surface area contributed by atoms with Crippen molar-refractivity contribution in [3.05, 3.63) is 189 Å². The minimum absolute atomic E-state index is 0.123. The van der Waals surface area contributed by atoms with Gasteiger partial charge in [-0.1, -0.05) is 102 Å². The van der Waals surface area contributed by atoms with E-state index in [0.717, 1.165) is 34.6 Å². The normalized spacial score (nSPS) is 11.8. The summed E-state index contributed by atoms with van der Waals surface area (Å²) in [5.74, 6) is -11.3. The first-order valence-corrected chi connectivity index (χ1v) is 23.4. The van der Waals surface area contributed by atoms with Crippen molar-refractivity contribution in [3.8, 4) is 34.0 Å². The van der Waals surface area contributed by atoms with E-state index < -0.39 is 82.1 Å². The van der Waals surface area contributed by atoms with Crippen molar-refractivity contribution < 1.29 is 53.7 Å². The molecule has 4 aromatic heterocycles. The maximum Gasteiger partial charge on any atom is 0.188 e. The van der Waals surface area contributed by atoms with Crippen LogP contribution in [0.3, 0.4) is 0 Å². The summed E-state index contributed by atoms with van der Waals surface area (Å²) in [5.41, 5.74) is 1.43. The molecule has 0 saturated carbocycles. The van der Waals surface area contributed by atoms with Gasteiger partial charge in [0.15, 0.2) is 84.4 Å². The Hall–Kier alpha value is -7.50. The summed E-state index contributed by atoms with van der Waals surface area (Å²) in [6.45, 7) is 14.8. The van der Waals surface area contributed by atoms with Gasteiger partial charge in [-0.3, -0.25) is 0 Å². The van der Waals surface area contributed by atoms with Crippen molar-refractivity contribution in [2.24, 2.45) is 0 Å². The monoisotopic (exact) mass is 996 g/mol. The Bertz CT molecular complexity index is 2930. The van der Waals surface area contributed by atoms with Gasteiger partial charge < -0.3 is 9.47 Å². The van der Waals surface area contributed by atoms with E-state index in [1.165, 1.54) is 33.9 Å². The van der Waals surface area contributed by atoms with Gasteiger partial charge in [-0.2, -0.15) is 0 Å². The molecule has 0 bridgehead atoms. The number of hydrogen-bond acceptors (Lipinski definition) is 6. The van der Waals surface area contributed by atoms with Gasteiger partial charge >= 0.3 is 0 Å². The van der Waals surface area contributed by atoms with Crippen LogP contribution < -0.4 is 18.6 Å². The largest absolute Gasteiger partial charge is 0.487 e. The number of aromatic nitrogens is 8. The molecule has 10 nitrogen and oxygen atoms in total. The van der Waals surface area contributed by atoms with Gasteiger partial charge in [0.1, 0.15) is 47.5 Å². The molecule has 374 valence electrons. The van der Waals surface area contributed by atoms with E-state index in [2.05, 4.69) is 20.6 Å². The Morgan fingerprint density at radius 3 is 1.00 bits per heavy atom. The van der Waals surface area contributed by atoms with E-state index >= 15 is 35.1 Å². The Kier molecular flexibility index (Phi) is 14.9. The molecular formula is C54H52F8N8O2+2. The second-order valence-electron chi connectivity index (χ2n) is 18.7. The van der Waals surface area contributed by atoms with Crippen molar-refractivity contribution in [2.75, 3.05) is 0 Å². The first-order chi connectivity index (χ1) is 34.3. The molecular weight excluding hydrogens is 945 g/mol. The summed E-state index contributed by atoms with van der Waals surface area (Å²) in [4.78, 5) is 0. The van der Waals surface area contributed by atoms with Gasteiger partial charge in [0.25, 0.3) is 0 Å². The van der Waals surface area contributed by atoms with Crippen molar-refractivity contribution in [1.29, 1.82) is 0 Å². The zero-order chi connectivity index (χ0) is 51.7. The number of ether oxygens (including phenoxy) is 2. The highest BCUT2D eigenvalue weighted by Gasteiger charge is 2.31. The highest BCUT2D eigenvalue weighted by molar-refractivity contribution is 5.61. The SMILES string of the molecule is CC(C)c1cccc(C(C)C)c1OCc1cn(-c2c(F)c(F)c(C[n+]3ccc(-c4cc[n+](Cc5c(F)c(F)c(-n6cc(COc7c(C(C)C)cccc7C(C)C)nn6)c(F)c5F)cc4)cc3)c(F)c2F)nn1. The summed E-state index contributed by atoms with van der Waals surface area (Å²) in [6.07, 6.45) is 8.01. The smallest absolute Gasteiger partial charge is 0.188 e. The molecule has 0 radical (unpaired) electrons. The van der Waals surface area contributed by atoms with Gasteiger partial charge in [-0.15, -0.1) is 10.2 Å². The molecule has 0 aliphatic heterocycles. The van der Waals surface area contributed by atoms with Crippen LogP contribution in [-0.4, -0.2) is 30.0 Å². The second-order valence-corrected chi connectivity index (χ2v) is 18.7. The molecule has 72 heavy (non-hydrogen) atoms. The van der Waals surface area contributed by atoms with Crippen molar-refractivity contribution in [3.63, 3.8) is 0 Å². The third-order valence-corrected chi connectivity index (χ3v) is 12.4. The minimum atomic E-state index is -1.67. The number of hydrogen-bond donors (Lipinski definition) is 0. The summed E-state index contributed by atoms with van der Waals surface area (Å²) >= 11 is 0. The predicted molar refractivity (Wildman–Crippen MR) is 251 cm³/mol. The lowest BCUT2D eigenvalue weighted by Crippen LogP contribution is -2.35. The molecule has 0 unspecified atom stereocenters. The van der Waals surface area contributed by atoms with Crippen LogP contribution in [0, 0.1) is 46.5 Å². The Labute approximate surface area is 411 Å². The number of benzene rings is 4. The molecule has 0 atom stereocenters. The number of halogens is 8. The van der Waals surface area contributed by atoms with Crippen LogP contribution in [-0.2, 0) is 26.3 Å². The van der Waals surface area contributed by atoms with E-state index in [9.17, 15) is 0 Å². The predicted octanol–water partition coefficient (Wildman–Crippen LogP) is 12.0. The van der Waals surface area contributed by atoms with Crippen molar-refractivity contribution in [1.82, 2.24) is 30.0 Å². The van der Waals surface area contributed by atoms with Crippen LogP contribution in [0.2, 0.25) is 0 Å². The summed E-state index contributed by atoms with van der Waals surface area (Å²) < 4.78 is 141. The van der Waals surface area contributed by atoms with Crippen LogP contribution in [0.1, 0.15) is 124 Å². The fraction of sp³-hybridized carbons (Fsp3) is 0.296. The van der Waals surface area contributed by atoms with Crippen molar-refractivity contribution in [2.45, 2.75) is 105 Å². The number of pyridine rings is 2. The molecule has 18 heteroatoms. The van der Waals surface area contributed by atoms with Crippen molar-refractivity contribution >= 4 is 0 Å². The van der Waals surface area contributed by atoms with Gasteiger partial charge in [0.05, 0.1) is 23.5 Å². The van der Waals surface area contributed by atoms with Crippen LogP contribution in [0.5, 0.6) is 11.5 Å². The summed E-state index contributed by atoms with van der Waals surface area (Å²) in [7, 11) is 0. The van der Waals surface area contributed by atoms with Crippen LogP contribution in [0.25, 0.3) is 22.5 Å². The molecule has 0 fully saturated rings. The third kappa shape index (κ3) is 10.2. The highest BCUT2D eigenvalue weighted by atomic mass is 19.2. The zero-order valence-electron chi connectivity index (χ0n) is 40.8. The van der Waals surface area contributed by atoms with Gasteiger partial charge in [-0.05, 0) is 57.1 Å². The molecule has 0 amide bonds.